The van der Waals surface area contributed by atoms with Gasteiger partial charge < -0.3 is 38.5 Å². The van der Waals surface area contributed by atoms with Crippen molar-refractivity contribution in [3.05, 3.63) is 71.8 Å². The molecule has 2 aromatic carbocycles. The van der Waals surface area contributed by atoms with E-state index in [0.29, 0.717) is 64.7 Å². The van der Waals surface area contributed by atoms with Crippen LogP contribution >= 0.6 is 0 Å². The van der Waals surface area contributed by atoms with Crippen LogP contribution in [0.15, 0.2) is 60.7 Å². The number of ketones is 4. The second kappa shape index (κ2) is 27.3. The predicted molar refractivity (Wildman–Crippen MR) is 324 cm³/mol. The summed E-state index contributed by atoms with van der Waals surface area (Å²) in [5.41, 5.74) is -2.29. The summed E-state index contributed by atoms with van der Waals surface area (Å²) < 4.78 is 21.8. The molecule has 0 aromatic heterocycles. The third kappa shape index (κ3) is 22.4. The number of piperidine rings is 4. The third-order valence-corrected chi connectivity index (χ3v) is 14.5. The van der Waals surface area contributed by atoms with E-state index in [4.69, 9.17) is 18.9 Å². The lowest BCUT2D eigenvalue weighted by Crippen LogP contribution is -2.60. The summed E-state index contributed by atoms with van der Waals surface area (Å²) in [5.74, 6) is 0.422. The first-order chi connectivity index (χ1) is 36.5. The lowest BCUT2D eigenvalue weighted by Gasteiger charge is -2.47. The topological polar surface area (TPSA) is 186 Å². The van der Waals surface area contributed by atoms with E-state index in [1.807, 2.05) is 220 Å². The Labute approximate surface area is 493 Å². The Hall–Kier alpha value is -5.80. The van der Waals surface area contributed by atoms with Gasteiger partial charge in [-0.25, -0.2) is 19.2 Å². The number of likely N-dealkylation sites (tertiary alicyclic amines) is 4. The fourth-order valence-corrected chi connectivity index (χ4v) is 9.91. The highest BCUT2D eigenvalue weighted by Gasteiger charge is 2.48. The summed E-state index contributed by atoms with van der Waals surface area (Å²) >= 11 is 0. The van der Waals surface area contributed by atoms with Gasteiger partial charge in [-0.3, -0.25) is 19.2 Å². The maximum atomic E-state index is 12.5. The predicted octanol–water partition coefficient (Wildman–Crippen LogP) is 13.9. The molecule has 2 aromatic rings. The number of rotatable bonds is 4. The van der Waals surface area contributed by atoms with E-state index in [1.165, 1.54) is 0 Å². The summed E-state index contributed by atoms with van der Waals surface area (Å²) in [6.07, 6.45) is 1.47. The zero-order valence-corrected chi connectivity index (χ0v) is 53.8. The average molecular weight is 1150 g/mol. The lowest BCUT2D eigenvalue weighted by molar-refractivity contribution is -0.137. The van der Waals surface area contributed by atoms with Crippen LogP contribution in [-0.4, -0.2) is 138 Å². The molecule has 0 aliphatic carbocycles. The van der Waals surface area contributed by atoms with Gasteiger partial charge in [0, 0.05) is 97.2 Å². The van der Waals surface area contributed by atoms with Crippen LogP contribution in [-0.2, 0) is 51.0 Å². The molecule has 16 heteroatoms. The molecule has 4 aliphatic rings. The molecule has 462 valence electrons. The third-order valence-electron chi connectivity index (χ3n) is 14.5. The fourth-order valence-electron chi connectivity index (χ4n) is 9.91. The largest absolute Gasteiger partial charge is 0.444 e. The Morgan fingerprint density at radius 2 is 0.695 bits per heavy atom. The van der Waals surface area contributed by atoms with E-state index in [0.717, 1.165) is 11.1 Å². The molecule has 4 aliphatic heterocycles. The molecule has 0 saturated carbocycles. The first-order valence-electron chi connectivity index (χ1n) is 28.8. The normalized spacial score (nSPS) is 22.0. The van der Waals surface area contributed by atoms with Gasteiger partial charge in [-0.15, -0.1) is 0 Å². The molecule has 16 nitrogen and oxygen atoms in total. The minimum atomic E-state index is -0.538. The lowest BCUT2D eigenvalue weighted by atomic mass is 9.75. The molecular formula is C66H106N4O12. The van der Waals surface area contributed by atoms with Crippen molar-refractivity contribution in [3.8, 4) is 0 Å². The van der Waals surface area contributed by atoms with Crippen molar-refractivity contribution in [2.24, 2.45) is 23.2 Å². The van der Waals surface area contributed by atoms with E-state index in [-0.39, 0.29) is 72.7 Å². The zero-order valence-electron chi connectivity index (χ0n) is 53.8. The molecule has 6 rings (SSSR count). The number of ether oxygens (including phenoxy) is 4. The Morgan fingerprint density at radius 3 is 1.00 bits per heavy atom. The van der Waals surface area contributed by atoms with Gasteiger partial charge >= 0.3 is 24.4 Å². The van der Waals surface area contributed by atoms with E-state index in [2.05, 4.69) is 0 Å². The first-order valence-corrected chi connectivity index (χ1v) is 28.8. The highest BCUT2D eigenvalue weighted by molar-refractivity contribution is 5.89. The Morgan fingerprint density at radius 1 is 0.427 bits per heavy atom. The van der Waals surface area contributed by atoms with E-state index in [9.17, 15) is 38.4 Å². The maximum absolute atomic E-state index is 12.5. The highest BCUT2D eigenvalue weighted by Crippen LogP contribution is 2.37. The second-order valence-corrected chi connectivity index (χ2v) is 29.7. The van der Waals surface area contributed by atoms with Crippen LogP contribution < -0.4 is 0 Å². The van der Waals surface area contributed by atoms with Crippen LogP contribution in [0.1, 0.15) is 203 Å². The van der Waals surface area contributed by atoms with Crippen LogP contribution in [0.4, 0.5) is 19.2 Å². The minimum Gasteiger partial charge on any atom is -0.444 e. The number of hydrogen-bond donors (Lipinski definition) is 0. The van der Waals surface area contributed by atoms with Gasteiger partial charge in [-0.2, -0.15) is 0 Å². The summed E-state index contributed by atoms with van der Waals surface area (Å²) in [6, 6.07) is 19.9. The molecule has 3 unspecified atom stereocenters. The van der Waals surface area contributed by atoms with Crippen molar-refractivity contribution < 1.29 is 57.3 Å². The van der Waals surface area contributed by atoms with Crippen LogP contribution in [0.3, 0.4) is 0 Å². The molecule has 82 heavy (non-hydrogen) atoms. The van der Waals surface area contributed by atoms with Gasteiger partial charge in [-0.1, -0.05) is 88.9 Å². The number of carbonyl (C=O) groups is 8. The number of Topliss-reactive ketones (excluding diaryl/α,β-unsaturated/α-hetero) is 4. The van der Waals surface area contributed by atoms with E-state index in [1.54, 1.807) is 19.6 Å². The number of nitrogens with zero attached hydrogens (tertiary/aromatic N) is 4. The standard InChI is InChI=1S/2C19H27NO3.C14H25NO3.C13H23NO3.CH4/c2*1-18(2,3)23-17(22)20-13-15(16(21)12-19(20,4)5)11-14-9-7-6-8-10-14;1-12(2,3)18-11(17)15-9-13(4,5)10(16)8-14(15,6)7;1-9-8-14(11(16)17-12(2,3)4)13(5,6)7-10(9)15;/h2*6-10,15H,11-13H2,1-5H3;8-9H2,1-7H3;9H,7-8H2,1-6H3;1H4. The van der Waals surface area contributed by atoms with Gasteiger partial charge in [-0.05, 0) is 162 Å². The quantitative estimate of drug-likeness (QED) is 0.264. The summed E-state index contributed by atoms with van der Waals surface area (Å²) in [5, 5.41) is 0. The van der Waals surface area contributed by atoms with Gasteiger partial charge in [0.05, 0.1) is 0 Å². The van der Waals surface area contributed by atoms with Crippen molar-refractivity contribution >= 4 is 47.5 Å². The van der Waals surface area contributed by atoms with Crippen molar-refractivity contribution in [1.82, 2.24) is 19.6 Å². The van der Waals surface area contributed by atoms with Crippen LogP contribution in [0.2, 0.25) is 0 Å². The summed E-state index contributed by atoms with van der Waals surface area (Å²) in [4.78, 5) is 105. The van der Waals surface area contributed by atoms with Crippen molar-refractivity contribution in [2.75, 3.05) is 26.2 Å². The molecule has 4 fully saturated rings. The summed E-state index contributed by atoms with van der Waals surface area (Å²) in [7, 11) is 0. The van der Waals surface area contributed by atoms with Gasteiger partial charge in [0.25, 0.3) is 0 Å². The molecular weight excluding hydrogens is 1040 g/mol. The zero-order chi connectivity index (χ0) is 62.3. The fraction of sp³-hybridized carbons (Fsp3) is 0.697. The van der Waals surface area contributed by atoms with Gasteiger partial charge in [0.1, 0.15) is 45.5 Å². The maximum Gasteiger partial charge on any atom is 0.410 e. The number of carbonyl (C=O) groups excluding carboxylic acids is 8. The molecule has 0 spiro atoms. The van der Waals surface area contributed by atoms with E-state index < -0.39 is 50.0 Å². The summed E-state index contributed by atoms with van der Waals surface area (Å²) in [6.45, 7) is 44.8. The molecule has 0 N–H and O–H groups in total. The number of amides is 4. The minimum absolute atomic E-state index is 0. The second-order valence-electron chi connectivity index (χ2n) is 29.7. The van der Waals surface area contributed by atoms with Crippen LogP contribution in [0.5, 0.6) is 0 Å². The molecule has 3 atom stereocenters. The Bertz CT molecular complexity index is 2420. The van der Waals surface area contributed by atoms with Crippen molar-refractivity contribution in [3.63, 3.8) is 0 Å². The number of benzene rings is 2. The van der Waals surface area contributed by atoms with Gasteiger partial charge in [0.15, 0.2) is 0 Å². The van der Waals surface area contributed by atoms with Gasteiger partial charge in [0.2, 0.25) is 0 Å². The molecule has 0 bridgehead atoms. The van der Waals surface area contributed by atoms with Crippen molar-refractivity contribution in [1.29, 1.82) is 0 Å². The highest BCUT2D eigenvalue weighted by atomic mass is 16.6. The van der Waals surface area contributed by atoms with E-state index >= 15 is 0 Å². The first kappa shape index (κ1) is 72.3. The Kier molecular flexibility index (Phi) is 24.1. The molecule has 4 heterocycles. The monoisotopic (exact) mass is 1150 g/mol. The SMILES string of the molecule is C.CC(C)(C)OC(=O)N1CC(C)(C)C(=O)CC1(C)C.CC(C)(C)OC(=O)N1CC(Cc2ccccc2)C(=O)CC1(C)C.CC(C)(C)OC(=O)N1CC(Cc2ccccc2)C(=O)CC1(C)C.CC1CN(C(=O)OC(C)(C)C)C(C)(C)CC1=O. The average Bonchev–Trinajstić information content (AvgIpc) is 3.50. The molecule has 4 saturated heterocycles. The van der Waals surface area contributed by atoms with Crippen LogP contribution in [0, 0.1) is 23.2 Å². The smallest absolute Gasteiger partial charge is 0.410 e. The van der Waals surface area contributed by atoms with Crippen molar-refractivity contribution in [2.45, 2.75) is 250 Å². The Balaban J connectivity index is 0.000000375. The molecule has 0 radical (unpaired) electrons. The van der Waals surface area contributed by atoms with Crippen LogP contribution in [0.25, 0.3) is 0 Å². The molecule has 4 amide bonds. The number of hydrogen-bond acceptors (Lipinski definition) is 12.